The summed E-state index contributed by atoms with van der Waals surface area (Å²) < 4.78 is 10.7. The van der Waals surface area contributed by atoms with Gasteiger partial charge in [-0.1, -0.05) is 0 Å². The Hall–Kier alpha value is -2.17. The van der Waals surface area contributed by atoms with Crippen LogP contribution in [0.3, 0.4) is 0 Å². The minimum absolute atomic E-state index is 0.134. The van der Waals surface area contributed by atoms with Crippen molar-refractivity contribution >= 4 is 5.69 Å². The second-order valence-electron chi connectivity index (χ2n) is 4.39. The first-order valence-corrected chi connectivity index (χ1v) is 6.31. The minimum atomic E-state index is -0.532. The zero-order valence-electron chi connectivity index (χ0n) is 10.9. The highest BCUT2D eigenvalue weighted by Crippen LogP contribution is 2.22. The fourth-order valence-electron chi connectivity index (χ4n) is 1.95. The van der Waals surface area contributed by atoms with Gasteiger partial charge in [-0.3, -0.25) is 15.0 Å². The largest absolute Gasteiger partial charge is 0.492 e. The molecule has 0 amide bonds. The van der Waals surface area contributed by atoms with Gasteiger partial charge in [-0.2, -0.15) is 5.26 Å². The highest BCUT2D eigenvalue weighted by Gasteiger charge is 2.12. The molecule has 0 atom stereocenters. The SMILES string of the molecule is N#Cc1cc(OCCN2CCOCC2)cc([N+](=O)[O-])c1. The maximum Gasteiger partial charge on any atom is 0.274 e. The van der Waals surface area contributed by atoms with Crippen molar-refractivity contribution in [1.82, 2.24) is 4.90 Å². The fraction of sp³-hybridized carbons (Fsp3) is 0.462. The third-order valence-corrected chi connectivity index (χ3v) is 3.01. The first-order chi connectivity index (χ1) is 9.69. The predicted molar refractivity (Wildman–Crippen MR) is 70.6 cm³/mol. The Morgan fingerprint density at radius 2 is 2.15 bits per heavy atom. The highest BCUT2D eigenvalue weighted by molar-refractivity contribution is 5.47. The van der Waals surface area contributed by atoms with Crippen molar-refractivity contribution in [2.24, 2.45) is 0 Å². The van der Waals surface area contributed by atoms with Crippen LogP contribution in [0.4, 0.5) is 5.69 Å². The van der Waals surface area contributed by atoms with Crippen LogP contribution in [-0.2, 0) is 4.74 Å². The third kappa shape index (κ3) is 3.91. The van der Waals surface area contributed by atoms with Crippen LogP contribution in [0.1, 0.15) is 5.56 Å². The molecule has 7 nitrogen and oxygen atoms in total. The molecule has 7 heteroatoms. The van der Waals surface area contributed by atoms with E-state index in [2.05, 4.69) is 4.90 Å². The highest BCUT2D eigenvalue weighted by atomic mass is 16.6. The monoisotopic (exact) mass is 277 g/mol. The number of rotatable bonds is 5. The Kier molecular flexibility index (Phi) is 4.87. The number of benzene rings is 1. The van der Waals surface area contributed by atoms with Gasteiger partial charge in [0.1, 0.15) is 12.4 Å². The standard InChI is InChI=1S/C13H15N3O4/c14-10-11-7-12(16(17)18)9-13(8-11)20-6-3-15-1-4-19-5-2-15/h7-9H,1-6H2. The molecule has 1 fully saturated rings. The van der Waals surface area contributed by atoms with Crippen molar-refractivity contribution in [2.75, 3.05) is 39.5 Å². The van der Waals surface area contributed by atoms with Gasteiger partial charge in [-0.05, 0) is 6.07 Å². The van der Waals surface area contributed by atoms with E-state index in [9.17, 15) is 10.1 Å². The maximum absolute atomic E-state index is 10.8. The van der Waals surface area contributed by atoms with E-state index in [4.69, 9.17) is 14.7 Å². The number of nitro groups is 1. The van der Waals surface area contributed by atoms with Gasteiger partial charge in [0, 0.05) is 25.7 Å². The molecule has 0 aromatic heterocycles. The van der Waals surface area contributed by atoms with Gasteiger partial charge in [-0.25, -0.2) is 0 Å². The number of nitrogens with zero attached hydrogens (tertiary/aromatic N) is 3. The molecule has 0 spiro atoms. The Morgan fingerprint density at radius 1 is 1.40 bits per heavy atom. The molecule has 1 aliphatic rings. The van der Waals surface area contributed by atoms with E-state index in [1.165, 1.54) is 18.2 Å². The Labute approximate surface area is 116 Å². The lowest BCUT2D eigenvalue weighted by Crippen LogP contribution is -2.38. The molecule has 20 heavy (non-hydrogen) atoms. The van der Waals surface area contributed by atoms with E-state index >= 15 is 0 Å². The lowest BCUT2D eigenvalue weighted by Gasteiger charge is -2.26. The van der Waals surface area contributed by atoms with Crippen LogP contribution >= 0.6 is 0 Å². The molecule has 1 aromatic carbocycles. The molecule has 1 saturated heterocycles. The molecule has 0 N–H and O–H groups in total. The topological polar surface area (TPSA) is 88.6 Å². The molecular weight excluding hydrogens is 262 g/mol. The van der Waals surface area contributed by atoms with Crippen LogP contribution in [0.25, 0.3) is 0 Å². The summed E-state index contributed by atoms with van der Waals surface area (Å²) in [5, 5.41) is 19.6. The van der Waals surface area contributed by atoms with E-state index in [-0.39, 0.29) is 11.3 Å². The first kappa shape index (κ1) is 14.2. The molecule has 106 valence electrons. The third-order valence-electron chi connectivity index (χ3n) is 3.01. The number of nitriles is 1. The van der Waals surface area contributed by atoms with Crippen LogP contribution in [0, 0.1) is 21.4 Å². The van der Waals surface area contributed by atoms with Crippen LogP contribution in [0.2, 0.25) is 0 Å². The molecule has 1 aliphatic heterocycles. The first-order valence-electron chi connectivity index (χ1n) is 6.31. The van der Waals surface area contributed by atoms with Gasteiger partial charge in [-0.15, -0.1) is 0 Å². The van der Waals surface area contributed by atoms with E-state index < -0.39 is 4.92 Å². The molecule has 0 unspecified atom stereocenters. The second-order valence-corrected chi connectivity index (χ2v) is 4.39. The number of nitro benzene ring substituents is 1. The lowest BCUT2D eigenvalue weighted by atomic mass is 10.2. The van der Waals surface area contributed by atoms with Crippen molar-refractivity contribution in [3.05, 3.63) is 33.9 Å². The molecule has 1 heterocycles. The van der Waals surface area contributed by atoms with Gasteiger partial charge < -0.3 is 9.47 Å². The Bertz CT molecular complexity index is 521. The van der Waals surface area contributed by atoms with Gasteiger partial charge >= 0.3 is 0 Å². The fourth-order valence-corrected chi connectivity index (χ4v) is 1.95. The van der Waals surface area contributed by atoms with E-state index in [0.717, 1.165) is 32.8 Å². The van der Waals surface area contributed by atoms with Crippen molar-refractivity contribution in [3.8, 4) is 11.8 Å². The van der Waals surface area contributed by atoms with Gasteiger partial charge in [0.05, 0.1) is 35.8 Å². The molecule has 0 bridgehead atoms. The van der Waals surface area contributed by atoms with Crippen LogP contribution in [0.5, 0.6) is 5.75 Å². The van der Waals surface area contributed by atoms with Gasteiger partial charge in [0.15, 0.2) is 0 Å². The van der Waals surface area contributed by atoms with Crippen molar-refractivity contribution in [2.45, 2.75) is 0 Å². The zero-order valence-corrected chi connectivity index (χ0v) is 10.9. The summed E-state index contributed by atoms with van der Waals surface area (Å²) in [6.07, 6.45) is 0. The summed E-state index contributed by atoms with van der Waals surface area (Å²) >= 11 is 0. The summed E-state index contributed by atoms with van der Waals surface area (Å²) in [6, 6.07) is 5.96. The van der Waals surface area contributed by atoms with E-state index in [1.807, 2.05) is 6.07 Å². The normalized spacial score (nSPS) is 15.6. The quantitative estimate of drug-likeness (QED) is 0.593. The Morgan fingerprint density at radius 3 is 2.80 bits per heavy atom. The molecule has 0 saturated carbocycles. The molecule has 1 aromatic rings. The number of non-ortho nitro benzene ring substituents is 1. The summed E-state index contributed by atoms with van der Waals surface area (Å²) in [5.41, 5.74) is 0.0889. The average molecular weight is 277 g/mol. The second kappa shape index (κ2) is 6.84. The average Bonchev–Trinajstić information content (AvgIpc) is 2.48. The lowest BCUT2D eigenvalue weighted by molar-refractivity contribution is -0.385. The zero-order chi connectivity index (χ0) is 14.4. The minimum Gasteiger partial charge on any atom is -0.492 e. The van der Waals surface area contributed by atoms with Gasteiger partial charge in [0.2, 0.25) is 0 Å². The van der Waals surface area contributed by atoms with E-state index in [0.29, 0.717) is 12.4 Å². The molecule has 0 radical (unpaired) electrons. The van der Waals surface area contributed by atoms with Crippen LogP contribution < -0.4 is 4.74 Å². The number of ether oxygens (including phenoxy) is 2. The number of hydrogen-bond donors (Lipinski definition) is 0. The van der Waals surface area contributed by atoms with Crippen LogP contribution in [-0.4, -0.2) is 49.3 Å². The van der Waals surface area contributed by atoms with Crippen LogP contribution in [0.15, 0.2) is 18.2 Å². The summed E-state index contributed by atoms with van der Waals surface area (Å²) in [5.74, 6) is 0.351. The predicted octanol–water partition coefficient (Wildman–Crippen LogP) is 1.18. The molecule has 2 rings (SSSR count). The van der Waals surface area contributed by atoms with E-state index in [1.54, 1.807) is 0 Å². The van der Waals surface area contributed by atoms with Crippen molar-refractivity contribution in [3.63, 3.8) is 0 Å². The number of hydrogen-bond acceptors (Lipinski definition) is 6. The summed E-state index contributed by atoms with van der Waals surface area (Å²) in [7, 11) is 0. The summed E-state index contributed by atoms with van der Waals surface area (Å²) in [6.45, 7) is 4.31. The molecular formula is C13H15N3O4. The number of morpholine rings is 1. The maximum atomic E-state index is 10.8. The smallest absolute Gasteiger partial charge is 0.274 e. The van der Waals surface area contributed by atoms with Gasteiger partial charge in [0.25, 0.3) is 5.69 Å². The van der Waals surface area contributed by atoms with Crippen molar-refractivity contribution < 1.29 is 14.4 Å². The molecule has 0 aliphatic carbocycles. The van der Waals surface area contributed by atoms with Crippen molar-refractivity contribution in [1.29, 1.82) is 5.26 Å². The summed E-state index contributed by atoms with van der Waals surface area (Å²) in [4.78, 5) is 12.4. The Balaban J connectivity index is 1.93.